The summed E-state index contributed by atoms with van der Waals surface area (Å²) in [6.07, 6.45) is 8.64. The molecular weight excluding hydrogens is 250 g/mol. The average Bonchev–Trinajstić information content (AvgIpc) is 2.38. The van der Waals surface area contributed by atoms with Crippen LogP contribution in [0.2, 0.25) is 0 Å². The molecule has 0 spiro atoms. The van der Waals surface area contributed by atoms with Gasteiger partial charge in [-0.25, -0.2) is 0 Å². The molecule has 116 valence electrons. The summed E-state index contributed by atoms with van der Waals surface area (Å²) in [4.78, 5) is 13.9. The molecule has 0 aromatic rings. The normalized spacial score (nSPS) is 33.0. The monoisotopic (exact) mass is 281 g/mol. The number of hydrogen-bond acceptors (Lipinski definition) is 2. The standard InChI is InChI=1S/C17H31NO2/c1-16(2,3)14-7-9-17(10-8-14,13-15(19)20)18-11-5-4-6-12-18/h14H,4-13H2,1-3H3,(H,19,20). The molecule has 1 N–H and O–H groups in total. The highest BCUT2D eigenvalue weighted by molar-refractivity contribution is 5.68. The van der Waals surface area contributed by atoms with E-state index < -0.39 is 5.97 Å². The summed E-state index contributed by atoms with van der Waals surface area (Å²) >= 11 is 0. The summed E-state index contributed by atoms with van der Waals surface area (Å²) in [7, 11) is 0. The van der Waals surface area contributed by atoms with Gasteiger partial charge in [-0.2, -0.15) is 0 Å². The lowest BCUT2D eigenvalue weighted by Crippen LogP contribution is -2.54. The molecule has 0 aromatic heterocycles. The second-order valence-electron chi connectivity index (χ2n) is 7.98. The third-order valence-corrected chi connectivity index (χ3v) is 5.65. The molecule has 3 heteroatoms. The van der Waals surface area contributed by atoms with Crippen LogP contribution in [0.5, 0.6) is 0 Å². The quantitative estimate of drug-likeness (QED) is 0.852. The van der Waals surface area contributed by atoms with Crippen molar-refractivity contribution in [3.63, 3.8) is 0 Å². The SMILES string of the molecule is CC(C)(C)C1CCC(CC(=O)O)(N2CCCCC2)CC1. The summed E-state index contributed by atoms with van der Waals surface area (Å²) < 4.78 is 0. The van der Waals surface area contributed by atoms with Gasteiger partial charge in [0.2, 0.25) is 0 Å². The van der Waals surface area contributed by atoms with Crippen LogP contribution >= 0.6 is 0 Å². The van der Waals surface area contributed by atoms with Gasteiger partial charge in [0, 0.05) is 5.54 Å². The first-order valence-corrected chi connectivity index (χ1v) is 8.30. The Morgan fingerprint density at radius 2 is 1.70 bits per heavy atom. The molecule has 1 heterocycles. The fourth-order valence-electron chi connectivity index (χ4n) is 4.28. The van der Waals surface area contributed by atoms with E-state index in [-0.39, 0.29) is 5.54 Å². The van der Waals surface area contributed by atoms with Crippen LogP contribution < -0.4 is 0 Å². The molecule has 0 bridgehead atoms. The third-order valence-electron chi connectivity index (χ3n) is 5.65. The molecule has 1 aliphatic heterocycles. The third kappa shape index (κ3) is 3.55. The van der Waals surface area contributed by atoms with Crippen molar-refractivity contribution in [2.75, 3.05) is 13.1 Å². The van der Waals surface area contributed by atoms with Gasteiger partial charge in [-0.3, -0.25) is 9.69 Å². The molecule has 0 unspecified atom stereocenters. The zero-order valence-corrected chi connectivity index (χ0v) is 13.5. The van der Waals surface area contributed by atoms with Gasteiger partial charge in [-0.15, -0.1) is 0 Å². The van der Waals surface area contributed by atoms with Crippen molar-refractivity contribution in [2.24, 2.45) is 11.3 Å². The van der Waals surface area contributed by atoms with Crippen LogP contribution in [0.25, 0.3) is 0 Å². The van der Waals surface area contributed by atoms with Gasteiger partial charge < -0.3 is 5.11 Å². The molecule has 2 fully saturated rings. The Bertz CT molecular complexity index is 331. The minimum atomic E-state index is -0.621. The predicted octanol–water partition coefficient (Wildman–Crippen LogP) is 3.92. The van der Waals surface area contributed by atoms with E-state index in [0.29, 0.717) is 11.8 Å². The van der Waals surface area contributed by atoms with E-state index in [1.54, 1.807) is 0 Å². The lowest BCUT2D eigenvalue weighted by atomic mass is 9.65. The highest BCUT2D eigenvalue weighted by Crippen LogP contribution is 2.45. The van der Waals surface area contributed by atoms with Crippen LogP contribution in [0.15, 0.2) is 0 Å². The number of aliphatic carboxylic acids is 1. The van der Waals surface area contributed by atoms with Crippen LogP contribution in [0.4, 0.5) is 0 Å². The number of hydrogen-bond donors (Lipinski definition) is 1. The number of rotatable bonds is 3. The van der Waals surface area contributed by atoms with Crippen molar-refractivity contribution in [3.05, 3.63) is 0 Å². The molecule has 1 saturated heterocycles. The number of carboxylic acid groups (broad SMARTS) is 1. The van der Waals surface area contributed by atoms with Crippen LogP contribution in [0, 0.1) is 11.3 Å². The molecule has 2 rings (SSSR count). The highest BCUT2D eigenvalue weighted by atomic mass is 16.4. The van der Waals surface area contributed by atoms with Crippen molar-refractivity contribution in [3.8, 4) is 0 Å². The Hall–Kier alpha value is -0.570. The van der Waals surface area contributed by atoms with Gasteiger partial charge in [0.1, 0.15) is 0 Å². The molecular formula is C17H31NO2. The minimum Gasteiger partial charge on any atom is -0.481 e. The summed E-state index contributed by atoms with van der Waals surface area (Å²) in [6.45, 7) is 9.18. The Kier molecular flexibility index (Phi) is 4.78. The van der Waals surface area contributed by atoms with Gasteiger partial charge >= 0.3 is 5.97 Å². The summed E-state index contributed by atoms with van der Waals surface area (Å²) in [6, 6.07) is 0. The Labute approximate surface area is 123 Å². The first-order valence-electron chi connectivity index (χ1n) is 8.30. The lowest BCUT2D eigenvalue weighted by Gasteiger charge is -2.50. The maximum absolute atomic E-state index is 11.4. The zero-order valence-electron chi connectivity index (χ0n) is 13.5. The predicted molar refractivity (Wildman–Crippen MR) is 81.8 cm³/mol. The number of piperidine rings is 1. The first kappa shape index (κ1) is 15.8. The molecule has 1 saturated carbocycles. The fraction of sp³-hybridized carbons (Fsp3) is 0.941. The van der Waals surface area contributed by atoms with Crippen LogP contribution in [0.3, 0.4) is 0 Å². The molecule has 0 aromatic carbocycles. The summed E-state index contributed by atoms with van der Waals surface area (Å²) in [5.74, 6) is 0.124. The zero-order chi connectivity index (χ0) is 14.8. The van der Waals surface area contributed by atoms with Gasteiger partial charge in [-0.1, -0.05) is 27.2 Å². The van der Waals surface area contributed by atoms with Gasteiger partial charge in [0.05, 0.1) is 6.42 Å². The number of carbonyl (C=O) groups is 1. The maximum Gasteiger partial charge on any atom is 0.305 e. The summed E-state index contributed by atoms with van der Waals surface area (Å²) in [5.41, 5.74) is 0.311. The maximum atomic E-state index is 11.4. The van der Waals surface area contributed by atoms with Gasteiger partial charge in [0.15, 0.2) is 0 Å². The Morgan fingerprint density at radius 3 is 2.15 bits per heavy atom. The molecule has 0 atom stereocenters. The topological polar surface area (TPSA) is 40.5 Å². The van der Waals surface area contributed by atoms with E-state index >= 15 is 0 Å². The molecule has 1 aliphatic carbocycles. The second-order valence-corrected chi connectivity index (χ2v) is 7.98. The number of likely N-dealkylation sites (tertiary alicyclic amines) is 1. The van der Waals surface area contributed by atoms with E-state index in [2.05, 4.69) is 25.7 Å². The van der Waals surface area contributed by atoms with E-state index in [1.165, 1.54) is 32.1 Å². The lowest BCUT2D eigenvalue weighted by molar-refractivity contribution is -0.142. The van der Waals surface area contributed by atoms with Crippen molar-refractivity contribution in [1.82, 2.24) is 4.90 Å². The van der Waals surface area contributed by atoms with Crippen LogP contribution in [-0.4, -0.2) is 34.6 Å². The molecule has 3 nitrogen and oxygen atoms in total. The molecule has 0 radical (unpaired) electrons. The van der Waals surface area contributed by atoms with Crippen molar-refractivity contribution < 1.29 is 9.90 Å². The van der Waals surface area contributed by atoms with Crippen molar-refractivity contribution in [1.29, 1.82) is 0 Å². The molecule has 0 amide bonds. The second kappa shape index (κ2) is 6.05. The Balaban J connectivity index is 2.08. The van der Waals surface area contributed by atoms with Gasteiger partial charge in [-0.05, 0) is 62.9 Å². The summed E-state index contributed by atoms with van der Waals surface area (Å²) in [5, 5.41) is 9.36. The van der Waals surface area contributed by atoms with Gasteiger partial charge in [0.25, 0.3) is 0 Å². The minimum absolute atomic E-state index is 0.0476. The number of nitrogens with zero attached hydrogens (tertiary/aromatic N) is 1. The smallest absolute Gasteiger partial charge is 0.305 e. The van der Waals surface area contributed by atoms with Crippen molar-refractivity contribution in [2.45, 2.75) is 77.7 Å². The van der Waals surface area contributed by atoms with E-state index in [1.807, 2.05) is 0 Å². The fourth-order valence-corrected chi connectivity index (χ4v) is 4.28. The van der Waals surface area contributed by atoms with Crippen LogP contribution in [-0.2, 0) is 4.79 Å². The van der Waals surface area contributed by atoms with E-state index in [0.717, 1.165) is 31.8 Å². The molecule has 20 heavy (non-hydrogen) atoms. The average molecular weight is 281 g/mol. The Morgan fingerprint density at radius 1 is 1.15 bits per heavy atom. The highest BCUT2D eigenvalue weighted by Gasteiger charge is 2.44. The van der Waals surface area contributed by atoms with E-state index in [4.69, 9.17) is 0 Å². The number of carboxylic acids is 1. The largest absolute Gasteiger partial charge is 0.481 e. The molecule has 2 aliphatic rings. The van der Waals surface area contributed by atoms with Crippen molar-refractivity contribution >= 4 is 5.97 Å². The van der Waals surface area contributed by atoms with Crippen LogP contribution in [0.1, 0.15) is 72.1 Å². The van der Waals surface area contributed by atoms with E-state index in [9.17, 15) is 9.90 Å². The first-order chi connectivity index (χ1) is 9.33.